The third-order valence-electron chi connectivity index (χ3n) is 5.27. The SMILES string of the molecule is COc1ccc(CC(=O)N2CCN(Cc3ccccc3)c3ncccc32)cc1OC. The number of amides is 1. The maximum atomic E-state index is 13.2. The second-order valence-electron chi connectivity index (χ2n) is 7.16. The summed E-state index contributed by atoms with van der Waals surface area (Å²) >= 11 is 0. The molecule has 0 unspecified atom stereocenters. The van der Waals surface area contributed by atoms with Gasteiger partial charge in [0.05, 0.1) is 26.3 Å². The lowest BCUT2D eigenvalue weighted by atomic mass is 10.1. The standard InChI is InChI=1S/C24H25N3O3/c1-29-21-11-10-19(15-22(21)30-2)16-23(28)27-14-13-26(17-18-7-4-3-5-8-18)24-20(27)9-6-12-25-24/h3-12,15H,13-14,16-17H2,1-2H3. The minimum atomic E-state index is 0.0378. The van der Waals surface area contributed by atoms with Crippen LogP contribution in [0.1, 0.15) is 11.1 Å². The quantitative estimate of drug-likeness (QED) is 0.628. The Hall–Kier alpha value is -3.54. The summed E-state index contributed by atoms with van der Waals surface area (Å²) in [6, 6.07) is 19.7. The molecule has 1 amide bonds. The molecule has 6 heteroatoms. The Morgan fingerprint density at radius 3 is 2.50 bits per heavy atom. The van der Waals surface area contributed by atoms with Gasteiger partial charge in [0.15, 0.2) is 17.3 Å². The molecule has 30 heavy (non-hydrogen) atoms. The molecule has 1 aromatic heterocycles. The van der Waals surface area contributed by atoms with Crippen LogP contribution >= 0.6 is 0 Å². The summed E-state index contributed by atoms with van der Waals surface area (Å²) in [5, 5.41) is 0. The van der Waals surface area contributed by atoms with Crippen molar-refractivity contribution in [2.24, 2.45) is 0 Å². The fourth-order valence-corrected chi connectivity index (χ4v) is 3.77. The van der Waals surface area contributed by atoms with Gasteiger partial charge in [-0.05, 0) is 35.4 Å². The van der Waals surface area contributed by atoms with Crippen molar-refractivity contribution < 1.29 is 14.3 Å². The monoisotopic (exact) mass is 403 g/mol. The molecule has 2 aromatic carbocycles. The van der Waals surface area contributed by atoms with Gasteiger partial charge in [-0.15, -0.1) is 0 Å². The van der Waals surface area contributed by atoms with Gasteiger partial charge in [-0.3, -0.25) is 4.79 Å². The summed E-state index contributed by atoms with van der Waals surface area (Å²) in [7, 11) is 3.19. The second-order valence-corrected chi connectivity index (χ2v) is 7.16. The lowest BCUT2D eigenvalue weighted by Gasteiger charge is -2.36. The number of hydrogen-bond donors (Lipinski definition) is 0. The van der Waals surface area contributed by atoms with Crippen LogP contribution in [0.5, 0.6) is 11.5 Å². The molecule has 0 spiro atoms. The summed E-state index contributed by atoms with van der Waals surface area (Å²) < 4.78 is 10.6. The molecule has 4 rings (SSSR count). The first-order chi connectivity index (χ1) is 14.7. The first kappa shape index (κ1) is 19.8. The van der Waals surface area contributed by atoms with E-state index in [9.17, 15) is 4.79 Å². The van der Waals surface area contributed by atoms with Crippen LogP contribution in [0.15, 0.2) is 66.9 Å². The molecule has 154 valence electrons. The summed E-state index contributed by atoms with van der Waals surface area (Å²) in [6.45, 7) is 2.12. The van der Waals surface area contributed by atoms with E-state index >= 15 is 0 Å². The molecular formula is C24H25N3O3. The van der Waals surface area contributed by atoms with E-state index in [1.807, 2.05) is 53.4 Å². The molecule has 0 fully saturated rings. The van der Waals surface area contributed by atoms with Crippen LogP contribution in [-0.2, 0) is 17.8 Å². The normalized spacial score (nSPS) is 13.0. The van der Waals surface area contributed by atoms with Crippen LogP contribution in [0.3, 0.4) is 0 Å². The molecule has 6 nitrogen and oxygen atoms in total. The van der Waals surface area contributed by atoms with Crippen molar-refractivity contribution in [2.75, 3.05) is 37.1 Å². The average molecular weight is 403 g/mol. The van der Waals surface area contributed by atoms with E-state index < -0.39 is 0 Å². The average Bonchev–Trinajstić information content (AvgIpc) is 2.79. The smallest absolute Gasteiger partial charge is 0.231 e. The summed E-state index contributed by atoms with van der Waals surface area (Å²) in [4.78, 5) is 21.8. The number of methoxy groups -OCH3 is 2. The molecule has 3 aromatic rings. The van der Waals surface area contributed by atoms with Crippen molar-refractivity contribution in [2.45, 2.75) is 13.0 Å². The van der Waals surface area contributed by atoms with Gasteiger partial charge < -0.3 is 19.3 Å². The summed E-state index contributed by atoms with van der Waals surface area (Å²) in [5.74, 6) is 2.15. The van der Waals surface area contributed by atoms with E-state index in [2.05, 4.69) is 22.0 Å². The maximum Gasteiger partial charge on any atom is 0.231 e. The Balaban J connectivity index is 1.54. The zero-order valence-electron chi connectivity index (χ0n) is 17.2. The van der Waals surface area contributed by atoms with Crippen LogP contribution in [0.4, 0.5) is 11.5 Å². The first-order valence-corrected chi connectivity index (χ1v) is 9.94. The number of rotatable bonds is 6. The highest BCUT2D eigenvalue weighted by atomic mass is 16.5. The Morgan fingerprint density at radius 1 is 0.933 bits per heavy atom. The van der Waals surface area contributed by atoms with Crippen LogP contribution in [0, 0.1) is 0 Å². The Morgan fingerprint density at radius 2 is 1.73 bits per heavy atom. The first-order valence-electron chi connectivity index (χ1n) is 9.94. The summed E-state index contributed by atoms with van der Waals surface area (Å²) in [6.07, 6.45) is 2.06. The number of carbonyl (C=O) groups excluding carboxylic acids is 1. The minimum Gasteiger partial charge on any atom is -0.493 e. The van der Waals surface area contributed by atoms with Crippen LogP contribution < -0.4 is 19.3 Å². The van der Waals surface area contributed by atoms with Crippen molar-refractivity contribution in [3.63, 3.8) is 0 Å². The number of benzene rings is 2. The number of pyridine rings is 1. The molecule has 0 aliphatic carbocycles. The fraction of sp³-hybridized carbons (Fsp3) is 0.250. The van der Waals surface area contributed by atoms with Crippen LogP contribution in [-0.4, -0.2) is 38.2 Å². The van der Waals surface area contributed by atoms with Gasteiger partial charge in [0, 0.05) is 25.8 Å². The lowest BCUT2D eigenvalue weighted by molar-refractivity contribution is -0.118. The molecule has 0 saturated carbocycles. The Kier molecular flexibility index (Phi) is 5.84. The Labute approximate surface area is 176 Å². The molecule has 0 atom stereocenters. The largest absolute Gasteiger partial charge is 0.493 e. The third-order valence-corrected chi connectivity index (χ3v) is 5.27. The molecule has 1 aliphatic rings. The van der Waals surface area contributed by atoms with Gasteiger partial charge in [0.2, 0.25) is 5.91 Å². The fourth-order valence-electron chi connectivity index (χ4n) is 3.77. The highest BCUT2D eigenvalue weighted by molar-refractivity contribution is 5.98. The van der Waals surface area contributed by atoms with E-state index in [0.717, 1.165) is 30.2 Å². The molecule has 0 bridgehead atoms. The van der Waals surface area contributed by atoms with Gasteiger partial charge in [-0.1, -0.05) is 36.4 Å². The molecule has 1 aliphatic heterocycles. The van der Waals surface area contributed by atoms with Gasteiger partial charge in [0.25, 0.3) is 0 Å². The number of anilines is 2. The van der Waals surface area contributed by atoms with Gasteiger partial charge >= 0.3 is 0 Å². The Bertz CT molecular complexity index is 1020. The van der Waals surface area contributed by atoms with E-state index in [1.165, 1.54) is 5.56 Å². The predicted molar refractivity (Wildman–Crippen MR) is 117 cm³/mol. The molecule has 2 heterocycles. The highest BCUT2D eigenvalue weighted by Crippen LogP contribution is 2.33. The van der Waals surface area contributed by atoms with Gasteiger partial charge in [0.1, 0.15) is 0 Å². The highest BCUT2D eigenvalue weighted by Gasteiger charge is 2.27. The molecule has 0 saturated heterocycles. The van der Waals surface area contributed by atoms with Gasteiger partial charge in [-0.2, -0.15) is 0 Å². The number of aromatic nitrogens is 1. The van der Waals surface area contributed by atoms with E-state index in [-0.39, 0.29) is 12.3 Å². The predicted octanol–water partition coefficient (Wildman–Crippen LogP) is 3.69. The van der Waals surface area contributed by atoms with Crippen molar-refractivity contribution in [3.8, 4) is 11.5 Å². The number of ether oxygens (including phenoxy) is 2. The van der Waals surface area contributed by atoms with E-state index in [1.54, 1.807) is 20.4 Å². The second kappa shape index (κ2) is 8.86. The number of fused-ring (bicyclic) bond motifs is 1. The van der Waals surface area contributed by atoms with E-state index in [0.29, 0.717) is 18.0 Å². The molecular weight excluding hydrogens is 378 g/mol. The summed E-state index contributed by atoms with van der Waals surface area (Å²) in [5.41, 5.74) is 2.96. The zero-order chi connectivity index (χ0) is 20.9. The topological polar surface area (TPSA) is 54.9 Å². The lowest BCUT2D eigenvalue weighted by Crippen LogP contribution is -2.44. The number of carbonyl (C=O) groups is 1. The van der Waals surface area contributed by atoms with Crippen molar-refractivity contribution in [3.05, 3.63) is 78.0 Å². The van der Waals surface area contributed by atoms with Gasteiger partial charge in [-0.25, -0.2) is 4.98 Å². The molecule has 0 N–H and O–H groups in total. The molecule has 0 radical (unpaired) electrons. The number of hydrogen-bond acceptors (Lipinski definition) is 5. The van der Waals surface area contributed by atoms with Crippen LogP contribution in [0.25, 0.3) is 0 Å². The number of nitrogens with zero attached hydrogens (tertiary/aromatic N) is 3. The van der Waals surface area contributed by atoms with Crippen molar-refractivity contribution >= 4 is 17.4 Å². The van der Waals surface area contributed by atoms with E-state index in [4.69, 9.17) is 9.47 Å². The maximum absolute atomic E-state index is 13.2. The van der Waals surface area contributed by atoms with Crippen molar-refractivity contribution in [1.29, 1.82) is 0 Å². The zero-order valence-corrected chi connectivity index (χ0v) is 17.2. The third kappa shape index (κ3) is 4.08. The van der Waals surface area contributed by atoms with Crippen molar-refractivity contribution in [1.82, 2.24) is 4.98 Å². The minimum absolute atomic E-state index is 0.0378. The van der Waals surface area contributed by atoms with Crippen LogP contribution in [0.2, 0.25) is 0 Å².